The van der Waals surface area contributed by atoms with Gasteiger partial charge >= 0.3 is 0 Å². The lowest BCUT2D eigenvalue weighted by atomic mass is 10.2. The highest BCUT2D eigenvalue weighted by atomic mass is 19.1. The zero-order valence-corrected chi connectivity index (χ0v) is 11.5. The van der Waals surface area contributed by atoms with Crippen molar-refractivity contribution >= 4 is 17.3 Å². The molecule has 110 valence electrons. The van der Waals surface area contributed by atoms with E-state index in [1.54, 1.807) is 6.92 Å². The number of nitrogen functional groups attached to an aromatic ring is 1. The molecule has 1 saturated heterocycles. The fourth-order valence-corrected chi connectivity index (χ4v) is 2.59. The van der Waals surface area contributed by atoms with E-state index in [4.69, 9.17) is 5.73 Å². The number of likely N-dealkylation sites (tertiary alicyclic amines) is 1. The number of carbonyl (C=O) groups is 1. The highest BCUT2D eigenvalue weighted by Gasteiger charge is 2.31. The van der Waals surface area contributed by atoms with Gasteiger partial charge in [0.2, 0.25) is 5.91 Å². The van der Waals surface area contributed by atoms with Crippen LogP contribution in [0.5, 0.6) is 0 Å². The Balaban J connectivity index is 2.06. The molecule has 0 saturated carbocycles. The van der Waals surface area contributed by atoms with E-state index in [1.807, 2.05) is 4.90 Å². The minimum atomic E-state index is -0.514. The summed E-state index contributed by atoms with van der Waals surface area (Å²) in [6.45, 7) is 2.55. The number of nitrogens with zero attached hydrogens (tertiary/aromatic N) is 1. The number of anilines is 2. The fraction of sp³-hybridized carbons (Fsp3) is 0.500. The third kappa shape index (κ3) is 3.08. The zero-order valence-electron chi connectivity index (χ0n) is 11.5. The fourth-order valence-electron chi connectivity index (χ4n) is 2.59. The third-order valence-electron chi connectivity index (χ3n) is 3.76. The monoisotopic (exact) mass is 281 g/mol. The Morgan fingerprint density at radius 1 is 1.65 bits per heavy atom. The average molecular weight is 281 g/mol. The first-order valence-electron chi connectivity index (χ1n) is 6.75. The molecular formula is C14H20FN3O2. The van der Waals surface area contributed by atoms with E-state index in [0.717, 1.165) is 19.4 Å². The van der Waals surface area contributed by atoms with Crippen LogP contribution in [0.3, 0.4) is 0 Å². The first kappa shape index (κ1) is 14.7. The third-order valence-corrected chi connectivity index (χ3v) is 3.76. The van der Waals surface area contributed by atoms with Crippen LogP contribution in [0.25, 0.3) is 0 Å². The molecule has 2 atom stereocenters. The Hall–Kier alpha value is -1.66. The quantitative estimate of drug-likeness (QED) is 0.724. The number of aliphatic hydroxyl groups excluding tert-OH is 1. The van der Waals surface area contributed by atoms with Gasteiger partial charge in [0.05, 0.1) is 18.3 Å². The van der Waals surface area contributed by atoms with E-state index >= 15 is 0 Å². The zero-order chi connectivity index (χ0) is 14.7. The van der Waals surface area contributed by atoms with Crippen molar-refractivity contribution < 1.29 is 14.3 Å². The smallest absolute Gasteiger partial charge is 0.241 e. The van der Waals surface area contributed by atoms with Gasteiger partial charge in [0.1, 0.15) is 5.82 Å². The second-order valence-electron chi connectivity index (χ2n) is 5.12. The molecule has 1 aliphatic heterocycles. The number of rotatable bonds is 4. The van der Waals surface area contributed by atoms with Crippen LogP contribution in [-0.2, 0) is 4.79 Å². The van der Waals surface area contributed by atoms with Crippen LogP contribution < -0.4 is 11.1 Å². The summed E-state index contributed by atoms with van der Waals surface area (Å²) in [5, 5.41) is 11.8. The highest BCUT2D eigenvalue weighted by Crippen LogP contribution is 2.22. The van der Waals surface area contributed by atoms with E-state index in [2.05, 4.69) is 5.32 Å². The average Bonchev–Trinajstić information content (AvgIpc) is 2.90. The van der Waals surface area contributed by atoms with Crippen molar-refractivity contribution in [1.29, 1.82) is 0 Å². The largest absolute Gasteiger partial charge is 0.399 e. The maximum atomic E-state index is 13.6. The number of nitrogens with one attached hydrogen (secondary N) is 1. The number of aliphatic hydroxyl groups is 1. The summed E-state index contributed by atoms with van der Waals surface area (Å²) in [5.74, 6) is -0.810. The van der Waals surface area contributed by atoms with Crippen molar-refractivity contribution in [3.63, 3.8) is 0 Å². The summed E-state index contributed by atoms with van der Waals surface area (Å²) in [6, 6.07) is 3.64. The first-order valence-corrected chi connectivity index (χ1v) is 6.75. The molecule has 0 aliphatic carbocycles. The van der Waals surface area contributed by atoms with Crippen molar-refractivity contribution in [1.82, 2.24) is 4.90 Å². The molecule has 1 aromatic rings. The molecule has 2 rings (SSSR count). The predicted octanol–water partition coefficient (Wildman–Crippen LogP) is 1.19. The van der Waals surface area contributed by atoms with Crippen molar-refractivity contribution in [3.05, 3.63) is 24.0 Å². The number of amides is 1. The molecule has 0 bridgehead atoms. The molecule has 2 unspecified atom stereocenters. The standard InChI is InChI=1S/C14H20FN3O2/c1-9(18-6-2-3-11(18)8-19)14(20)17-13-7-10(16)4-5-12(13)15/h4-5,7,9,11,19H,2-3,6,8,16H2,1H3,(H,17,20). The molecular weight excluding hydrogens is 261 g/mol. The maximum Gasteiger partial charge on any atom is 0.241 e. The summed E-state index contributed by atoms with van der Waals surface area (Å²) in [7, 11) is 0. The lowest BCUT2D eigenvalue weighted by molar-refractivity contribution is -0.121. The molecule has 5 nitrogen and oxygen atoms in total. The molecule has 0 radical (unpaired) electrons. The number of nitrogens with two attached hydrogens (primary N) is 1. The Morgan fingerprint density at radius 2 is 2.40 bits per heavy atom. The molecule has 4 N–H and O–H groups in total. The van der Waals surface area contributed by atoms with Crippen molar-refractivity contribution in [3.8, 4) is 0 Å². The van der Waals surface area contributed by atoms with Crippen molar-refractivity contribution in [2.45, 2.75) is 31.8 Å². The molecule has 20 heavy (non-hydrogen) atoms. The molecule has 1 heterocycles. The van der Waals surface area contributed by atoms with E-state index in [1.165, 1.54) is 18.2 Å². The summed E-state index contributed by atoms with van der Waals surface area (Å²) >= 11 is 0. The van der Waals surface area contributed by atoms with Gasteiger partial charge in [-0.15, -0.1) is 0 Å². The second kappa shape index (κ2) is 6.19. The van der Waals surface area contributed by atoms with E-state index in [0.29, 0.717) is 5.69 Å². The van der Waals surface area contributed by atoms with Crippen LogP contribution in [0.15, 0.2) is 18.2 Å². The molecule has 1 aliphatic rings. The molecule has 6 heteroatoms. The Morgan fingerprint density at radius 3 is 3.10 bits per heavy atom. The van der Waals surface area contributed by atoms with Gasteiger partial charge in [-0.2, -0.15) is 0 Å². The Labute approximate surface area is 117 Å². The van der Waals surface area contributed by atoms with Gasteiger partial charge < -0.3 is 16.2 Å². The lowest BCUT2D eigenvalue weighted by Gasteiger charge is -2.28. The van der Waals surface area contributed by atoms with Crippen LogP contribution in [0.4, 0.5) is 15.8 Å². The Kier molecular flexibility index (Phi) is 4.57. The van der Waals surface area contributed by atoms with Gasteiger partial charge in [0.15, 0.2) is 0 Å². The second-order valence-corrected chi connectivity index (χ2v) is 5.12. The number of hydrogen-bond donors (Lipinski definition) is 3. The van der Waals surface area contributed by atoms with Crippen LogP contribution in [-0.4, -0.2) is 41.1 Å². The number of halogens is 1. The van der Waals surface area contributed by atoms with E-state index in [9.17, 15) is 14.3 Å². The minimum absolute atomic E-state index is 0.00133. The Bertz CT molecular complexity index is 495. The van der Waals surface area contributed by atoms with Gasteiger partial charge in [-0.25, -0.2) is 4.39 Å². The van der Waals surface area contributed by atoms with Gasteiger partial charge in [-0.3, -0.25) is 9.69 Å². The van der Waals surface area contributed by atoms with Crippen LogP contribution in [0, 0.1) is 5.82 Å². The summed E-state index contributed by atoms with van der Waals surface area (Å²) in [6.07, 6.45) is 1.83. The van der Waals surface area contributed by atoms with E-state index in [-0.39, 0.29) is 24.2 Å². The number of benzene rings is 1. The summed E-state index contributed by atoms with van der Waals surface area (Å²) < 4.78 is 13.6. The van der Waals surface area contributed by atoms with Gasteiger partial charge in [-0.05, 0) is 44.5 Å². The van der Waals surface area contributed by atoms with Gasteiger partial charge in [0.25, 0.3) is 0 Å². The molecule has 1 aromatic carbocycles. The van der Waals surface area contributed by atoms with Crippen molar-refractivity contribution in [2.75, 3.05) is 24.2 Å². The molecule has 1 amide bonds. The van der Waals surface area contributed by atoms with Crippen LogP contribution in [0.1, 0.15) is 19.8 Å². The topological polar surface area (TPSA) is 78.6 Å². The summed E-state index contributed by atoms with van der Waals surface area (Å²) in [5.41, 5.74) is 6.06. The van der Waals surface area contributed by atoms with Crippen molar-refractivity contribution in [2.24, 2.45) is 0 Å². The van der Waals surface area contributed by atoms with Gasteiger partial charge in [0, 0.05) is 11.7 Å². The summed E-state index contributed by atoms with van der Waals surface area (Å²) in [4.78, 5) is 14.1. The SMILES string of the molecule is CC(C(=O)Nc1cc(N)ccc1F)N1CCCC1CO. The van der Waals surface area contributed by atoms with Crippen LogP contribution >= 0.6 is 0 Å². The molecule has 0 aromatic heterocycles. The minimum Gasteiger partial charge on any atom is -0.399 e. The van der Waals surface area contributed by atoms with E-state index < -0.39 is 11.9 Å². The maximum absolute atomic E-state index is 13.6. The predicted molar refractivity (Wildman–Crippen MR) is 75.7 cm³/mol. The molecule has 0 spiro atoms. The first-order chi connectivity index (χ1) is 9.52. The van der Waals surface area contributed by atoms with Gasteiger partial charge in [-0.1, -0.05) is 0 Å². The highest BCUT2D eigenvalue weighted by molar-refractivity contribution is 5.95. The number of hydrogen-bond acceptors (Lipinski definition) is 4. The normalized spacial score (nSPS) is 20.9. The van der Waals surface area contributed by atoms with Crippen LogP contribution in [0.2, 0.25) is 0 Å². The molecule has 1 fully saturated rings. The lowest BCUT2D eigenvalue weighted by Crippen LogP contribution is -2.46. The number of carbonyl (C=O) groups excluding carboxylic acids is 1.